The Kier molecular flexibility index (Phi) is 12.5. The zero-order valence-corrected chi connectivity index (χ0v) is 19.6. The predicted octanol–water partition coefficient (Wildman–Crippen LogP) is 4.58. The summed E-state index contributed by atoms with van der Waals surface area (Å²) >= 11 is 0. The van der Waals surface area contributed by atoms with E-state index in [4.69, 9.17) is 0 Å². The maximum Gasteiger partial charge on any atom is 0.246 e. The summed E-state index contributed by atoms with van der Waals surface area (Å²) in [6.45, 7) is 4.03. The number of benzene rings is 1. The van der Waals surface area contributed by atoms with Gasteiger partial charge in [-0.2, -0.15) is 0 Å². The molecule has 0 radical (unpaired) electrons. The van der Waals surface area contributed by atoms with Gasteiger partial charge in [0.2, 0.25) is 5.91 Å². The Morgan fingerprint density at radius 1 is 0.964 bits per heavy atom. The van der Waals surface area contributed by atoms with E-state index in [-0.39, 0.29) is 30.7 Å². The van der Waals surface area contributed by atoms with Crippen molar-refractivity contribution in [2.75, 3.05) is 46.2 Å². The highest BCUT2D eigenvalue weighted by molar-refractivity contribution is 5.92. The van der Waals surface area contributed by atoms with E-state index in [9.17, 15) is 4.79 Å². The quantitative estimate of drug-likeness (QED) is 0.593. The van der Waals surface area contributed by atoms with Gasteiger partial charge in [0.05, 0.1) is 0 Å². The molecule has 160 valence electrons. The molecule has 0 N–H and O–H groups in total. The van der Waals surface area contributed by atoms with Crippen LogP contribution in [-0.2, 0) is 4.79 Å². The third kappa shape index (κ3) is 8.42. The summed E-state index contributed by atoms with van der Waals surface area (Å²) in [7, 11) is 8.19. The van der Waals surface area contributed by atoms with E-state index in [0.717, 1.165) is 43.1 Å². The maximum atomic E-state index is 12.9. The summed E-state index contributed by atoms with van der Waals surface area (Å²) in [6, 6.07) is 8.67. The zero-order valence-electron chi connectivity index (χ0n) is 17.9. The lowest BCUT2D eigenvalue weighted by Crippen LogP contribution is -2.44. The molecule has 0 spiro atoms. The first-order valence-electron chi connectivity index (χ1n) is 9.77. The molecular weight excluding hydrogens is 393 g/mol. The number of hydrogen-bond donors (Lipinski definition) is 0. The van der Waals surface area contributed by atoms with Gasteiger partial charge in [-0.25, -0.2) is 0 Å². The minimum absolute atomic E-state index is 0. The molecule has 0 aromatic heterocycles. The van der Waals surface area contributed by atoms with Crippen molar-refractivity contribution in [1.82, 2.24) is 9.80 Å². The van der Waals surface area contributed by atoms with Gasteiger partial charge in [0.1, 0.15) is 0 Å². The van der Waals surface area contributed by atoms with Crippen molar-refractivity contribution in [3.63, 3.8) is 0 Å². The minimum Gasteiger partial charge on any atom is -0.378 e. The number of carbonyl (C=O) groups is 1. The summed E-state index contributed by atoms with van der Waals surface area (Å²) in [5, 5.41) is 0. The molecule has 4 nitrogen and oxygen atoms in total. The molecular formula is C22H37Cl2N3O. The summed E-state index contributed by atoms with van der Waals surface area (Å²) < 4.78 is 0. The van der Waals surface area contributed by atoms with Crippen LogP contribution in [0.2, 0.25) is 0 Å². The van der Waals surface area contributed by atoms with Crippen molar-refractivity contribution in [2.24, 2.45) is 5.92 Å². The molecule has 1 aromatic rings. The summed E-state index contributed by atoms with van der Waals surface area (Å²) in [5.74, 6) is 0.936. The first-order valence-corrected chi connectivity index (χ1v) is 9.77. The number of likely N-dealkylation sites (N-methyl/N-ethyl adjacent to an activating group) is 1. The van der Waals surface area contributed by atoms with Gasteiger partial charge in [-0.05, 0) is 69.5 Å². The van der Waals surface area contributed by atoms with E-state index >= 15 is 0 Å². The molecule has 1 fully saturated rings. The zero-order chi connectivity index (χ0) is 19.1. The molecule has 0 bridgehead atoms. The van der Waals surface area contributed by atoms with Crippen molar-refractivity contribution in [3.8, 4) is 0 Å². The summed E-state index contributed by atoms with van der Waals surface area (Å²) in [5.41, 5.74) is 2.23. The minimum atomic E-state index is 0. The Morgan fingerprint density at radius 3 is 2.04 bits per heavy atom. The van der Waals surface area contributed by atoms with E-state index in [1.165, 1.54) is 12.8 Å². The maximum absolute atomic E-state index is 12.9. The highest BCUT2D eigenvalue weighted by atomic mass is 35.5. The Morgan fingerprint density at radius 2 is 1.54 bits per heavy atom. The number of nitrogens with zero attached hydrogens (tertiary/aromatic N) is 3. The normalized spacial score (nSPS) is 19.1. The number of amides is 1. The van der Waals surface area contributed by atoms with Gasteiger partial charge in [-0.1, -0.05) is 19.1 Å². The number of halogens is 2. The van der Waals surface area contributed by atoms with Crippen molar-refractivity contribution >= 4 is 42.5 Å². The number of rotatable bonds is 7. The molecule has 1 aliphatic carbocycles. The van der Waals surface area contributed by atoms with Crippen LogP contribution in [0.5, 0.6) is 0 Å². The molecule has 0 unspecified atom stereocenters. The second-order valence-corrected chi connectivity index (χ2v) is 8.07. The fourth-order valence-corrected chi connectivity index (χ4v) is 3.48. The largest absolute Gasteiger partial charge is 0.378 e. The Hall–Kier alpha value is -1.23. The van der Waals surface area contributed by atoms with Crippen molar-refractivity contribution in [3.05, 3.63) is 35.9 Å². The molecule has 0 heterocycles. The molecule has 0 saturated heterocycles. The van der Waals surface area contributed by atoms with Crippen LogP contribution < -0.4 is 4.90 Å². The van der Waals surface area contributed by atoms with E-state index in [2.05, 4.69) is 60.0 Å². The first-order chi connectivity index (χ1) is 12.4. The van der Waals surface area contributed by atoms with Crippen LogP contribution >= 0.6 is 24.8 Å². The van der Waals surface area contributed by atoms with E-state index in [1.54, 1.807) is 6.08 Å². The average molecular weight is 430 g/mol. The average Bonchev–Trinajstić information content (AvgIpc) is 2.61. The van der Waals surface area contributed by atoms with Gasteiger partial charge in [-0.3, -0.25) is 4.79 Å². The van der Waals surface area contributed by atoms with Crippen LogP contribution in [0.3, 0.4) is 0 Å². The second kappa shape index (κ2) is 13.1. The van der Waals surface area contributed by atoms with Gasteiger partial charge in [0, 0.05) is 45.0 Å². The fourth-order valence-electron chi connectivity index (χ4n) is 3.48. The lowest BCUT2D eigenvalue weighted by atomic mass is 9.86. The molecule has 2 rings (SSSR count). The van der Waals surface area contributed by atoms with Gasteiger partial charge in [-0.15, -0.1) is 24.8 Å². The highest BCUT2D eigenvalue weighted by Gasteiger charge is 2.26. The fraction of sp³-hybridized carbons (Fsp3) is 0.591. The van der Waals surface area contributed by atoms with Crippen molar-refractivity contribution in [1.29, 1.82) is 0 Å². The van der Waals surface area contributed by atoms with E-state index in [1.807, 2.05) is 20.2 Å². The number of anilines is 1. The van der Waals surface area contributed by atoms with E-state index in [0.29, 0.717) is 6.04 Å². The highest BCUT2D eigenvalue weighted by Crippen LogP contribution is 2.27. The summed E-state index contributed by atoms with van der Waals surface area (Å²) in [6.07, 6.45) is 8.41. The lowest BCUT2D eigenvalue weighted by molar-refractivity contribution is -0.129. The molecule has 1 amide bonds. The van der Waals surface area contributed by atoms with Crippen LogP contribution in [-0.4, -0.2) is 63.0 Å². The summed E-state index contributed by atoms with van der Waals surface area (Å²) in [4.78, 5) is 19.2. The Balaban J connectivity index is 0.00000364. The SMILES string of the molecule is CN(C)CCN(C(=O)C=Cc1ccc(N(C)C)cc1)[C@H]1CC[C@H](C)CC1.Cl.Cl. The molecule has 6 heteroatoms. The van der Waals surface area contributed by atoms with Crippen LogP contribution in [0, 0.1) is 5.92 Å². The van der Waals surface area contributed by atoms with Gasteiger partial charge in [0.25, 0.3) is 0 Å². The van der Waals surface area contributed by atoms with Crippen LogP contribution in [0.1, 0.15) is 38.2 Å². The van der Waals surface area contributed by atoms with Crippen molar-refractivity contribution in [2.45, 2.75) is 38.6 Å². The second-order valence-electron chi connectivity index (χ2n) is 8.07. The third-order valence-electron chi connectivity index (χ3n) is 5.33. The monoisotopic (exact) mass is 429 g/mol. The third-order valence-corrected chi connectivity index (χ3v) is 5.33. The standard InChI is InChI=1S/C22H35N3O.2ClH/c1-18-6-11-21(12-7-18)25(17-16-23(2)3)22(26)15-10-19-8-13-20(14-9-19)24(4)5;;/h8-10,13-15,18,21H,6-7,11-12,16-17H2,1-5H3;2*1H/t18-,21-;;. The molecule has 0 atom stereocenters. The van der Waals surface area contributed by atoms with Crippen LogP contribution in [0.15, 0.2) is 30.3 Å². The molecule has 1 aliphatic rings. The Labute approximate surface area is 183 Å². The molecule has 0 aliphatic heterocycles. The lowest BCUT2D eigenvalue weighted by Gasteiger charge is -2.36. The number of hydrogen-bond acceptors (Lipinski definition) is 3. The van der Waals surface area contributed by atoms with Crippen LogP contribution in [0.25, 0.3) is 6.08 Å². The predicted molar refractivity (Wildman–Crippen MR) is 126 cm³/mol. The van der Waals surface area contributed by atoms with E-state index < -0.39 is 0 Å². The first kappa shape index (κ1) is 26.8. The van der Waals surface area contributed by atoms with Gasteiger partial charge < -0.3 is 14.7 Å². The topological polar surface area (TPSA) is 26.8 Å². The smallest absolute Gasteiger partial charge is 0.246 e. The Bertz CT molecular complexity index is 594. The van der Waals surface area contributed by atoms with Crippen LogP contribution in [0.4, 0.5) is 5.69 Å². The van der Waals surface area contributed by atoms with Crippen molar-refractivity contribution < 1.29 is 4.79 Å². The van der Waals surface area contributed by atoms with Gasteiger partial charge >= 0.3 is 0 Å². The molecule has 28 heavy (non-hydrogen) atoms. The number of carbonyl (C=O) groups excluding carboxylic acids is 1. The van der Waals surface area contributed by atoms with Gasteiger partial charge in [0.15, 0.2) is 0 Å². The molecule has 1 saturated carbocycles. The molecule has 1 aromatic carbocycles.